The number of nitrogens with zero attached hydrogens (tertiary/aromatic N) is 2. The van der Waals surface area contributed by atoms with E-state index in [9.17, 15) is 28.1 Å². The SMILES string of the molecule is O=C(Cc1nc(COc2ccc([N+](=O)[O-])cc2C(F)(F)F)cs1)Nc1ccccc1. The van der Waals surface area contributed by atoms with Crippen LogP contribution in [0, 0.1) is 10.1 Å². The summed E-state index contributed by atoms with van der Waals surface area (Å²) in [5.41, 5.74) is -0.945. The second-order valence-electron chi connectivity index (χ2n) is 6.05. The molecule has 2 aromatic carbocycles. The number of benzene rings is 2. The minimum absolute atomic E-state index is 0.00485. The lowest BCUT2D eigenvalue weighted by molar-refractivity contribution is -0.385. The molecule has 7 nitrogen and oxygen atoms in total. The summed E-state index contributed by atoms with van der Waals surface area (Å²) in [5, 5.41) is 15.5. The molecule has 1 amide bonds. The van der Waals surface area contributed by atoms with Crippen molar-refractivity contribution in [2.24, 2.45) is 0 Å². The number of thiazole rings is 1. The maximum absolute atomic E-state index is 13.2. The molecule has 0 aliphatic carbocycles. The Labute approximate surface area is 172 Å². The average Bonchev–Trinajstić information content (AvgIpc) is 3.13. The van der Waals surface area contributed by atoms with Gasteiger partial charge in [-0.15, -0.1) is 11.3 Å². The van der Waals surface area contributed by atoms with Crippen LogP contribution in [0.1, 0.15) is 16.3 Å². The zero-order valence-corrected chi connectivity index (χ0v) is 16.0. The number of carbonyl (C=O) groups excluding carboxylic acids is 1. The van der Waals surface area contributed by atoms with Gasteiger partial charge in [0.1, 0.15) is 22.9 Å². The van der Waals surface area contributed by atoms with Gasteiger partial charge in [-0.3, -0.25) is 14.9 Å². The number of nitro benzene ring substituents is 1. The van der Waals surface area contributed by atoms with Gasteiger partial charge in [0.2, 0.25) is 5.91 Å². The molecule has 0 bridgehead atoms. The number of anilines is 1. The summed E-state index contributed by atoms with van der Waals surface area (Å²) in [4.78, 5) is 26.1. The first kappa shape index (κ1) is 21.2. The Morgan fingerprint density at radius 3 is 2.60 bits per heavy atom. The summed E-state index contributed by atoms with van der Waals surface area (Å²) in [5.74, 6) is -0.817. The molecule has 0 aliphatic rings. The van der Waals surface area contributed by atoms with Crippen LogP contribution in [0.4, 0.5) is 24.5 Å². The largest absolute Gasteiger partial charge is 0.487 e. The molecule has 0 spiro atoms. The van der Waals surface area contributed by atoms with Gasteiger partial charge in [0, 0.05) is 23.2 Å². The number of nitro groups is 1. The summed E-state index contributed by atoms with van der Waals surface area (Å²) in [6.07, 6.45) is -4.81. The highest BCUT2D eigenvalue weighted by Gasteiger charge is 2.36. The Balaban J connectivity index is 1.64. The minimum atomic E-state index is -4.82. The van der Waals surface area contributed by atoms with Gasteiger partial charge < -0.3 is 10.1 Å². The maximum atomic E-state index is 13.2. The third kappa shape index (κ3) is 5.54. The number of rotatable bonds is 7. The lowest BCUT2D eigenvalue weighted by Crippen LogP contribution is -2.14. The standard InChI is InChI=1S/C19H14F3N3O4S/c20-19(21,22)15-8-14(25(27)28)6-7-16(15)29-10-13-11-30-18(24-13)9-17(26)23-12-4-2-1-3-5-12/h1-8,11H,9-10H2,(H,23,26). The fourth-order valence-corrected chi connectivity index (χ4v) is 3.27. The van der Waals surface area contributed by atoms with E-state index in [0.29, 0.717) is 22.5 Å². The highest BCUT2D eigenvalue weighted by atomic mass is 32.1. The number of para-hydroxylation sites is 1. The first-order valence-electron chi connectivity index (χ1n) is 8.49. The van der Waals surface area contributed by atoms with Crippen LogP contribution in [-0.2, 0) is 24.0 Å². The molecule has 11 heteroatoms. The Hall–Kier alpha value is -3.47. The highest BCUT2D eigenvalue weighted by Crippen LogP contribution is 2.38. The van der Waals surface area contributed by atoms with E-state index < -0.39 is 28.1 Å². The molecule has 30 heavy (non-hydrogen) atoms. The second-order valence-corrected chi connectivity index (χ2v) is 6.99. The van der Waals surface area contributed by atoms with E-state index in [1.54, 1.807) is 29.6 Å². The van der Waals surface area contributed by atoms with Crippen LogP contribution in [-0.4, -0.2) is 15.8 Å². The van der Waals surface area contributed by atoms with Crippen molar-refractivity contribution in [3.05, 3.63) is 80.3 Å². The first-order valence-corrected chi connectivity index (χ1v) is 9.37. The third-order valence-corrected chi connectivity index (χ3v) is 4.72. The van der Waals surface area contributed by atoms with Gasteiger partial charge in [0.25, 0.3) is 5.69 Å². The molecular formula is C19H14F3N3O4S. The number of ether oxygens (including phenoxy) is 1. The Morgan fingerprint density at radius 1 is 1.20 bits per heavy atom. The Kier molecular flexibility index (Phi) is 6.31. The number of aromatic nitrogens is 1. The molecule has 3 aromatic rings. The summed E-state index contributed by atoms with van der Waals surface area (Å²) >= 11 is 1.18. The van der Waals surface area contributed by atoms with Crippen molar-refractivity contribution in [2.75, 3.05) is 5.32 Å². The van der Waals surface area contributed by atoms with Gasteiger partial charge in [0.05, 0.1) is 17.0 Å². The van der Waals surface area contributed by atoms with E-state index in [1.165, 1.54) is 11.3 Å². The lowest BCUT2D eigenvalue weighted by atomic mass is 10.1. The van der Waals surface area contributed by atoms with Crippen molar-refractivity contribution >= 4 is 28.6 Å². The predicted molar refractivity (Wildman–Crippen MR) is 103 cm³/mol. The molecule has 0 saturated carbocycles. The number of nitrogens with one attached hydrogen (secondary N) is 1. The van der Waals surface area contributed by atoms with Crippen molar-refractivity contribution in [2.45, 2.75) is 19.2 Å². The zero-order valence-electron chi connectivity index (χ0n) is 15.2. The minimum Gasteiger partial charge on any atom is -0.487 e. The normalized spacial score (nSPS) is 11.2. The zero-order chi connectivity index (χ0) is 21.7. The fourth-order valence-electron chi connectivity index (χ4n) is 2.49. The highest BCUT2D eigenvalue weighted by molar-refractivity contribution is 7.09. The van der Waals surface area contributed by atoms with Crippen molar-refractivity contribution < 1.29 is 27.6 Å². The van der Waals surface area contributed by atoms with Crippen LogP contribution in [0.15, 0.2) is 53.9 Å². The summed E-state index contributed by atoms with van der Waals surface area (Å²) in [6, 6.07) is 11.1. The van der Waals surface area contributed by atoms with Gasteiger partial charge in [-0.1, -0.05) is 18.2 Å². The number of amides is 1. The summed E-state index contributed by atoms with van der Waals surface area (Å²) in [6.45, 7) is -0.280. The number of hydrogen-bond acceptors (Lipinski definition) is 6. The van der Waals surface area contributed by atoms with E-state index in [1.807, 2.05) is 6.07 Å². The smallest absolute Gasteiger partial charge is 0.420 e. The molecule has 0 atom stereocenters. The first-order chi connectivity index (χ1) is 14.2. The molecule has 0 unspecified atom stereocenters. The molecule has 0 fully saturated rings. The topological polar surface area (TPSA) is 94.4 Å². The van der Waals surface area contributed by atoms with Crippen LogP contribution in [0.3, 0.4) is 0 Å². The fraction of sp³-hybridized carbons (Fsp3) is 0.158. The number of halogens is 3. The van der Waals surface area contributed by atoms with Crippen molar-refractivity contribution in [1.29, 1.82) is 0 Å². The molecular weight excluding hydrogens is 423 g/mol. The number of alkyl halides is 3. The molecule has 1 aromatic heterocycles. The molecule has 1 heterocycles. The molecule has 0 aliphatic heterocycles. The quantitative estimate of drug-likeness (QED) is 0.422. The maximum Gasteiger partial charge on any atom is 0.420 e. The summed E-state index contributed by atoms with van der Waals surface area (Å²) < 4.78 is 44.7. The van der Waals surface area contributed by atoms with Gasteiger partial charge in [-0.25, -0.2) is 4.98 Å². The van der Waals surface area contributed by atoms with E-state index >= 15 is 0 Å². The molecule has 0 saturated heterocycles. The van der Waals surface area contributed by atoms with E-state index in [-0.39, 0.29) is 18.9 Å². The molecule has 1 N–H and O–H groups in total. The summed E-state index contributed by atoms with van der Waals surface area (Å²) in [7, 11) is 0. The predicted octanol–water partition coefficient (Wildman–Crippen LogP) is 4.83. The molecule has 3 rings (SSSR count). The Morgan fingerprint density at radius 2 is 1.93 bits per heavy atom. The van der Waals surface area contributed by atoms with E-state index in [4.69, 9.17) is 4.74 Å². The van der Waals surface area contributed by atoms with Crippen molar-refractivity contribution in [3.63, 3.8) is 0 Å². The second kappa shape index (κ2) is 8.91. The van der Waals surface area contributed by atoms with Crippen LogP contribution >= 0.6 is 11.3 Å². The van der Waals surface area contributed by atoms with Gasteiger partial charge in [-0.2, -0.15) is 13.2 Å². The van der Waals surface area contributed by atoms with Crippen LogP contribution < -0.4 is 10.1 Å². The van der Waals surface area contributed by atoms with Crippen LogP contribution in [0.2, 0.25) is 0 Å². The number of carbonyl (C=O) groups is 1. The van der Waals surface area contributed by atoms with Gasteiger partial charge >= 0.3 is 6.18 Å². The molecule has 156 valence electrons. The van der Waals surface area contributed by atoms with Crippen LogP contribution in [0.5, 0.6) is 5.75 Å². The van der Waals surface area contributed by atoms with Crippen molar-refractivity contribution in [1.82, 2.24) is 4.98 Å². The Bertz CT molecular complexity index is 1050. The van der Waals surface area contributed by atoms with Gasteiger partial charge in [-0.05, 0) is 18.2 Å². The molecule has 0 radical (unpaired) electrons. The number of non-ortho nitro benzene ring substituents is 1. The lowest BCUT2D eigenvalue weighted by Gasteiger charge is -2.13. The van der Waals surface area contributed by atoms with E-state index in [2.05, 4.69) is 10.3 Å². The third-order valence-electron chi connectivity index (χ3n) is 3.82. The van der Waals surface area contributed by atoms with Crippen molar-refractivity contribution in [3.8, 4) is 5.75 Å². The number of hydrogen-bond donors (Lipinski definition) is 1. The van der Waals surface area contributed by atoms with E-state index in [0.717, 1.165) is 12.1 Å². The average molecular weight is 437 g/mol. The van der Waals surface area contributed by atoms with Gasteiger partial charge in [0.15, 0.2) is 0 Å². The van der Waals surface area contributed by atoms with Crippen LogP contribution in [0.25, 0.3) is 0 Å². The monoisotopic (exact) mass is 437 g/mol.